The molecule has 5 nitrogen and oxygen atoms in total. The Labute approximate surface area is 131 Å². The highest BCUT2D eigenvalue weighted by atomic mass is 32.1. The van der Waals surface area contributed by atoms with Crippen molar-refractivity contribution in [3.63, 3.8) is 0 Å². The highest BCUT2D eigenvalue weighted by Crippen LogP contribution is 2.35. The quantitative estimate of drug-likeness (QED) is 0.796. The van der Waals surface area contributed by atoms with Crippen LogP contribution in [0.2, 0.25) is 0 Å². The Morgan fingerprint density at radius 2 is 1.95 bits per heavy atom. The molecule has 1 aliphatic heterocycles. The molecule has 1 aromatic heterocycles. The van der Waals surface area contributed by atoms with Crippen LogP contribution in [-0.2, 0) is 0 Å². The molecule has 112 valence electrons. The van der Waals surface area contributed by atoms with Gasteiger partial charge in [-0.15, -0.1) is 0 Å². The predicted molar refractivity (Wildman–Crippen MR) is 86.9 cm³/mol. The van der Waals surface area contributed by atoms with E-state index in [4.69, 9.17) is 14.2 Å². The molecule has 1 aliphatic rings. The average Bonchev–Trinajstić information content (AvgIpc) is 2.95. The summed E-state index contributed by atoms with van der Waals surface area (Å²) in [4.78, 5) is 4.58. The van der Waals surface area contributed by atoms with Crippen molar-refractivity contribution in [2.75, 3.05) is 25.6 Å². The fourth-order valence-electron chi connectivity index (χ4n) is 2.33. The van der Waals surface area contributed by atoms with Gasteiger partial charge in [-0.05, 0) is 30.3 Å². The van der Waals surface area contributed by atoms with Gasteiger partial charge < -0.3 is 19.5 Å². The van der Waals surface area contributed by atoms with E-state index in [1.54, 1.807) is 18.4 Å². The summed E-state index contributed by atoms with van der Waals surface area (Å²) in [6.07, 6.45) is 0. The molecule has 6 heteroatoms. The zero-order chi connectivity index (χ0) is 14.9. The number of ether oxygens (including phenoxy) is 3. The van der Waals surface area contributed by atoms with Crippen LogP contribution in [0.15, 0.2) is 36.4 Å². The van der Waals surface area contributed by atoms with Crippen LogP contribution in [-0.4, -0.2) is 25.3 Å². The molecule has 0 fully saturated rings. The lowest BCUT2D eigenvalue weighted by Gasteiger charge is -2.18. The first kappa shape index (κ1) is 13.2. The van der Waals surface area contributed by atoms with Gasteiger partial charge in [-0.3, -0.25) is 0 Å². The van der Waals surface area contributed by atoms with E-state index in [1.807, 2.05) is 36.4 Å². The van der Waals surface area contributed by atoms with Gasteiger partial charge in [-0.2, -0.15) is 0 Å². The van der Waals surface area contributed by atoms with Gasteiger partial charge in [0.1, 0.15) is 19.0 Å². The Morgan fingerprint density at radius 3 is 2.82 bits per heavy atom. The lowest BCUT2D eigenvalue weighted by Crippen LogP contribution is -2.15. The molecule has 0 bridgehead atoms. The number of nitrogens with one attached hydrogen (secondary N) is 1. The second-order valence-electron chi connectivity index (χ2n) is 4.84. The summed E-state index contributed by atoms with van der Waals surface area (Å²) in [5.41, 5.74) is 1.88. The average molecular weight is 314 g/mol. The lowest BCUT2D eigenvalue weighted by atomic mass is 10.2. The summed E-state index contributed by atoms with van der Waals surface area (Å²) in [5, 5.41) is 4.15. The van der Waals surface area contributed by atoms with E-state index in [9.17, 15) is 0 Å². The molecule has 0 radical (unpaired) electrons. The van der Waals surface area contributed by atoms with Gasteiger partial charge in [0.05, 0.1) is 17.3 Å². The van der Waals surface area contributed by atoms with Gasteiger partial charge in [0, 0.05) is 11.8 Å². The summed E-state index contributed by atoms with van der Waals surface area (Å²) in [6.45, 7) is 1.18. The summed E-state index contributed by atoms with van der Waals surface area (Å²) in [6, 6.07) is 11.7. The molecular weight excluding hydrogens is 300 g/mol. The maximum absolute atomic E-state index is 5.59. The molecule has 2 heterocycles. The van der Waals surface area contributed by atoms with E-state index < -0.39 is 0 Å². The fourth-order valence-corrected chi connectivity index (χ4v) is 3.24. The molecule has 0 saturated carbocycles. The number of rotatable bonds is 3. The van der Waals surface area contributed by atoms with Gasteiger partial charge >= 0.3 is 0 Å². The van der Waals surface area contributed by atoms with E-state index in [-0.39, 0.29) is 0 Å². The Kier molecular flexibility index (Phi) is 3.23. The first-order valence-corrected chi connectivity index (χ1v) is 7.75. The molecule has 0 amide bonds. The number of benzene rings is 2. The van der Waals surface area contributed by atoms with E-state index in [0.29, 0.717) is 13.2 Å². The number of fused-ring (bicyclic) bond motifs is 2. The number of thiazole rings is 1. The number of methoxy groups -OCH3 is 1. The Hall–Kier alpha value is -2.47. The minimum atomic E-state index is 0.581. The standard InChI is InChI=1S/C16H14N2O3S/c1-19-11-3-4-12-15(9-11)22-16(18-12)17-10-2-5-13-14(8-10)21-7-6-20-13/h2-5,8-9H,6-7H2,1H3,(H,17,18). The lowest BCUT2D eigenvalue weighted by molar-refractivity contribution is 0.171. The normalized spacial score (nSPS) is 13.1. The zero-order valence-electron chi connectivity index (χ0n) is 12.0. The first-order valence-electron chi connectivity index (χ1n) is 6.93. The molecule has 22 heavy (non-hydrogen) atoms. The van der Waals surface area contributed by atoms with E-state index in [2.05, 4.69) is 10.3 Å². The van der Waals surface area contributed by atoms with Crippen molar-refractivity contribution in [1.82, 2.24) is 4.98 Å². The Bertz CT molecular complexity index is 831. The molecule has 4 rings (SSSR count). The van der Waals surface area contributed by atoms with Crippen molar-refractivity contribution in [1.29, 1.82) is 0 Å². The maximum Gasteiger partial charge on any atom is 0.188 e. The van der Waals surface area contributed by atoms with E-state index in [1.165, 1.54) is 0 Å². The largest absolute Gasteiger partial charge is 0.497 e. The van der Waals surface area contributed by atoms with Crippen LogP contribution in [0.1, 0.15) is 0 Å². The molecule has 0 saturated heterocycles. The summed E-state index contributed by atoms with van der Waals surface area (Å²) >= 11 is 1.58. The van der Waals surface area contributed by atoms with Crippen molar-refractivity contribution in [3.8, 4) is 17.2 Å². The Balaban J connectivity index is 1.62. The van der Waals surface area contributed by atoms with Gasteiger partial charge in [-0.1, -0.05) is 11.3 Å². The molecule has 0 spiro atoms. The molecule has 2 aromatic carbocycles. The van der Waals surface area contributed by atoms with Gasteiger partial charge in [0.25, 0.3) is 0 Å². The second kappa shape index (κ2) is 5.38. The maximum atomic E-state index is 5.59. The van der Waals surface area contributed by atoms with Crippen LogP contribution < -0.4 is 19.5 Å². The molecule has 0 atom stereocenters. The van der Waals surface area contributed by atoms with Crippen LogP contribution in [0, 0.1) is 0 Å². The number of hydrogen-bond acceptors (Lipinski definition) is 6. The van der Waals surface area contributed by atoms with Crippen LogP contribution >= 0.6 is 11.3 Å². The second-order valence-corrected chi connectivity index (χ2v) is 5.87. The summed E-state index contributed by atoms with van der Waals surface area (Å²) in [7, 11) is 1.66. The molecule has 1 N–H and O–H groups in total. The Morgan fingerprint density at radius 1 is 1.09 bits per heavy atom. The van der Waals surface area contributed by atoms with Crippen LogP contribution in [0.25, 0.3) is 10.2 Å². The summed E-state index contributed by atoms with van der Waals surface area (Å²) < 4.78 is 17.4. The number of nitrogens with zero attached hydrogens (tertiary/aromatic N) is 1. The van der Waals surface area contributed by atoms with Crippen molar-refractivity contribution in [2.45, 2.75) is 0 Å². The SMILES string of the molecule is COc1ccc2nc(Nc3ccc4c(c3)OCCO4)sc2c1. The van der Waals surface area contributed by atoms with E-state index in [0.717, 1.165) is 38.3 Å². The third-order valence-corrected chi connectivity index (χ3v) is 4.32. The van der Waals surface area contributed by atoms with Crippen LogP contribution in [0.3, 0.4) is 0 Å². The van der Waals surface area contributed by atoms with Gasteiger partial charge in [0.2, 0.25) is 0 Å². The van der Waals surface area contributed by atoms with Gasteiger partial charge in [0.15, 0.2) is 16.6 Å². The highest BCUT2D eigenvalue weighted by molar-refractivity contribution is 7.22. The number of anilines is 2. The number of aromatic nitrogens is 1. The fraction of sp³-hybridized carbons (Fsp3) is 0.188. The van der Waals surface area contributed by atoms with E-state index >= 15 is 0 Å². The molecule has 0 aliphatic carbocycles. The minimum Gasteiger partial charge on any atom is -0.497 e. The monoisotopic (exact) mass is 314 g/mol. The third-order valence-electron chi connectivity index (χ3n) is 3.39. The zero-order valence-corrected chi connectivity index (χ0v) is 12.8. The van der Waals surface area contributed by atoms with Crippen molar-refractivity contribution >= 4 is 32.4 Å². The van der Waals surface area contributed by atoms with Gasteiger partial charge in [-0.25, -0.2) is 4.98 Å². The molecular formula is C16H14N2O3S. The van der Waals surface area contributed by atoms with Crippen molar-refractivity contribution < 1.29 is 14.2 Å². The topological polar surface area (TPSA) is 52.6 Å². The first-order chi connectivity index (χ1) is 10.8. The minimum absolute atomic E-state index is 0.581. The van der Waals surface area contributed by atoms with Crippen molar-refractivity contribution in [2.24, 2.45) is 0 Å². The molecule has 0 unspecified atom stereocenters. The predicted octanol–water partition coefficient (Wildman–Crippen LogP) is 3.82. The molecule has 3 aromatic rings. The van der Waals surface area contributed by atoms with Crippen molar-refractivity contribution in [3.05, 3.63) is 36.4 Å². The smallest absolute Gasteiger partial charge is 0.188 e. The summed E-state index contributed by atoms with van der Waals surface area (Å²) in [5.74, 6) is 2.38. The third kappa shape index (κ3) is 2.42. The van der Waals surface area contributed by atoms with Crippen LogP contribution in [0.5, 0.6) is 17.2 Å². The number of hydrogen-bond donors (Lipinski definition) is 1. The van der Waals surface area contributed by atoms with Crippen LogP contribution in [0.4, 0.5) is 10.8 Å². The highest BCUT2D eigenvalue weighted by Gasteiger charge is 2.12.